The number of ether oxygens (including phenoxy) is 2. The molecule has 1 saturated carbocycles. The van der Waals surface area contributed by atoms with Gasteiger partial charge in [0.15, 0.2) is 0 Å². The van der Waals surface area contributed by atoms with E-state index in [0.29, 0.717) is 38.1 Å². The van der Waals surface area contributed by atoms with E-state index in [1.165, 1.54) is 15.5 Å². The SMILES string of the molecule is C[C@@H]1COCCN1c1cc(=O)n2c(n1)N(CC1(C3CC3)CCO1)[C@H](C(F)(F)F)CC2. The summed E-state index contributed by atoms with van der Waals surface area (Å²) in [5.74, 6) is 0.829. The van der Waals surface area contributed by atoms with Gasteiger partial charge in [-0.1, -0.05) is 0 Å². The van der Waals surface area contributed by atoms with E-state index in [1.807, 2.05) is 11.8 Å². The lowest BCUT2D eigenvalue weighted by molar-refractivity contribution is -0.173. The molecule has 0 radical (unpaired) electrons. The maximum atomic E-state index is 14.0. The molecule has 0 aromatic carbocycles. The highest BCUT2D eigenvalue weighted by atomic mass is 19.4. The molecule has 5 rings (SSSR count). The Hall–Kier alpha value is -1.81. The van der Waals surface area contributed by atoms with Crippen LogP contribution in [0, 0.1) is 5.92 Å². The van der Waals surface area contributed by atoms with Gasteiger partial charge in [-0.05, 0) is 32.1 Å². The molecule has 1 unspecified atom stereocenters. The van der Waals surface area contributed by atoms with Crippen LogP contribution in [0.1, 0.15) is 32.6 Å². The number of halogens is 3. The van der Waals surface area contributed by atoms with Crippen molar-refractivity contribution in [2.45, 2.75) is 63.0 Å². The van der Waals surface area contributed by atoms with Crippen LogP contribution in [0.3, 0.4) is 0 Å². The first-order chi connectivity index (χ1) is 14.3. The van der Waals surface area contributed by atoms with Gasteiger partial charge in [-0.15, -0.1) is 0 Å². The van der Waals surface area contributed by atoms with Crippen LogP contribution in [-0.2, 0) is 16.0 Å². The van der Waals surface area contributed by atoms with Gasteiger partial charge in [-0.2, -0.15) is 18.2 Å². The van der Waals surface area contributed by atoms with Crippen molar-refractivity contribution in [3.63, 3.8) is 0 Å². The summed E-state index contributed by atoms with van der Waals surface area (Å²) in [6.07, 6.45) is -1.85. The fourth-order valence-corrected chi connectivity index (χ4v) is 5.03. The Morgan fingerprint density at radius 3 is 2.60 bits per heavy atom. The molecule has 3 fully saturated rings. The van der Waals surface area contributed by atoms with E-state index in [9.17, 15) is 18.0 Å². The van der Waals surface area contributed by atoms with Crippen LogP contribution >= 0.6 is 0 Å². The minimum absolute atomic E-state index is 0.00285. The number of hydrogen-bond acceptors (Lipinski definition) is 6. The average molecular weight is 428 g/mol. The average Bonchev–Trinajstić information content (AvgIpc) is 3.49. The zero-order valence-corrected chi connectivity index (χ0v) is 17.0. The predicted molar refractivity (Wildman–Crippen MR) is 104 cm³/mol. The summed E-state index contributed by atoms with van der Waals surface area (Å²) >= 11 is 0. The molecule has 0 spiro atoms. The van der Waals surface area contributed by atoms with Crippen LogP contribution in [0.5, 0.6) is 0 Å². The lowest BCUT2D eigenvalue weighted by Gasteiger charge is -2.49. The maximum absolute atomic E-state index is 14.0. The molecule has 0 amide bonds. The lowest BCUT2D eigenvalue weighted by Crippen LogP contribution is -2.61. The second kappa shape index (κ2) is 7.12. The first kappa shape index (κ1) is 20.1. The molecule has 0 bridgehead atoms. The molecule has 3 aliphatic heterocycles. The molecule has 7 nitrogen and oxygen atoms in total. The number of anilines is 2. The van der Waals surface area contributed by atoms with E-state index >= 15 is 0 Å². The number of rotatable bonds is 4. The summed E-state index contributed by atoms with van der Waals surface area (Å²) in [4.78, 5) is 20.7. The predicted octanol–water partition coefficient (Wildman–Crippen LogP) is 2.18. The number of alkyl halides is 3. The minimum atomic E-state index is -4.40. The van der Waals surface area contributed by atoms with Crippen molar-refractivity contribution in [3.8, 4) is 0 Å². The Morgan fingerprint density at radius 1 is 1.23 bits per heavy atom. The molecule has 1 aromatic rings. The number of aromatic nitrogens is 2. The van der Waals surface area contributed by atoms with Gasteiger partial charge in [0.05, 0.1) is 38.0 Å². The molecule has 4 aliphatic rings. The molecule has 2 saturated heterocycles. The van der Waals surface area contributed by atoms with Crippen molar-refractivity contribution in [3.05, 3.63) is 16.4 Å². The minimum Gasteiger partial charge on any atom is -0.377 e. The Balaban J connectivity index is 1.56. The third kappa shape index (κ3) is 3.37. The molecule has 30 heavy (non-hydrogen) atoms. The normalized spacial score (nSPS) is 32.0. The zero-order valence-electron chi connectivity index (χ0n) is 17.0. The highest BCUT2D eigenvalue weighted by Crippen LogP contribution is 2.50. The first-order valence-corrected chi connectivity index (χ1v) is 10.7. The lowest BCUT2D eigenvalue weighted by atomic mass is 9.87. The van der Waals surface area contributed by atoms with Gasteiger partial charge in [0.2, 0.25) is 5.95 Å². The van der Waals surface area contributed by atoms with E-state index < -0.39 is 17.8 Å². The van der Waals surface area contributed by atoms with Gasteiger partial charge >= 0.3 is 6.18 Å². The van der Waals surface area contributed by atoms with Crippen LogP contribution in [0.4, 0.5) is 24.9 Å². The largest absolute Gasteiger partial charge is 0.408 e. The van der Waals surface area contributed by atoms with Crippen LogP contribution in [0.2, 0.25) is 0 Å². The van der Waals surface area contributed by atoms with Gasteiger partial charge in [0, 0.05) is 25.6 Å². The zero-order chi connectivity index (χ0) is 21.1. The number of hydrogen-bond donors (Lipinski definition) is 0. The molecule has 10 heteroatoms. The van der Waals surface area contributed by atoms with Crippen LogP contribution in [0.25, 0.3) is 0 Å². The third-order valence-corrected chi connectivity index (χ3v) is 6.95. The maximum Gasteiger partial charge on any atom is 0.408 e. The Labute approximate surface area is 172 Å². The quantitative estimate of drug-likeness (QED) is 0.733. The number of fused-ring (bicyclic) bond motifs is 1. The standard InChI is InChI=1S/C20H27F3N4O3/c1-13-11-29-9-7-25(13)16-10-17(28)26-6-4-15(20(21,22)23)27(18(26)24-16)12-19(5-8-30-19)14-2-3-14/h10,13-15H,2-9,11-12H2,1H3/t13-,15+,19?/m1/s1. The van der Waals surface area contributed by atoms with Crippen molar-refractivity contribution in [2.24, 2.45) is 5.92 Å². The van der Waals surface area contributed by atoms with Gasteiger partial charge in [0.25, 0.3) is 5.56 Å². The van der Waals surface area contributed by atoms with E-state index in [4.69, 9.17) is 9.47 Å². The first-order valence-electron chi connectivity index (χ1n) is 10.7. The summed E-state index contributed by atoms with van der Waals surface area (Å²) < 4.78 is 54.7. The highest BCUT2D eigenvalue weighted by Gasteiger charge is 2.55. The molecule has 3 atom stereocenters. The molecule has 0 N–H and O–H groups in total. The molecule has 1 aliphatic carbocycles. The number of nitrogens with zero attached hydrogens (tertiary/aromatic N) is 4. The molecule has 4 heterocycles. The second-order valence-electron chi connectivity index (χ2n) is 8.93. The van der Waals surface area contributed by atoms with Crippen molar-refractivity contribution >= 4 is 11.8 Å². The van der Waals surface area contributed by atoms with Gasteiger partial charge in [0.1, 0.15) is 11.9 Å². The summed E-state index contributed by atoms with van der Waals surface area (Å²) in [7, 11) is 0. The van der Waals surface area contributed by atoms with Crippen LogP contribution in [0.15, 0.2) is 10.9 Å². The van der Waals surface area contributed by atoms with E-state index in [-0.39, 0.29) is 37.1 Å². The van der Waals surface area contributed by atoms with Crippen molar-refractivity contribution in [1.29, 1.82) is 0 Å². The van der Waals surface area contributed by atoms with Gasteiger partial charge in [-0.3, -0.25) is 9.36 Å². The van der Waals surface area contributed by atoms with Crippen LogP contribution in [-0.4, -0.2) is 66.3 Å². The molecule has 1 aromatic heterocycles. The van der Waals surface area contributed by atoms with Crippen molar-refractivity contribution in [2.75, 3.05) is 42.7 Å². The van der Waals surface area contributed by atoms with Gasteiger partial charge < -0.3 is 19.3 Å². The summed E-state index contributed by atoms with van der Waals surface area (Å²) in [6, 6.07) is -0.230. The smallest absolute Gasteiger partial charge is 0.377 e. The highest BCUT2D eigenvalue weighted by molar-refractivity contribution is 5.48. The summed E-state index contributed by atoms with van der Waals surface area (Å²) in [5.41, 5.74) is -0.861. The monoisotopic (exact) mass is 428 g/mol. The molecular weight excluding hydrogens is 401 g/mol. The topological polar surface area (TPSA) is 59.8 Å². The van der Waals surface area contributed by atoms with Crippen molar-refractivity contribution in [1.82, 2.24) is 9.55 Å². The summed E-state index contributed by atoms with van der Waals surface area (Å²) in [5, 5.41) is 0. The Bertz CT molecular complexity index is 866. The Morgan fingerprint density at radius 2 is 2.00 bits per heavy atom. The second-order valence-corrected chi connectivity index (χ2v) is 8.93. The summed E-state index contributed by atoms with van der Waals surface area (Å²) in [6.45, 7) is 4.21. The Kier molecular flexibility index (Phi) is 4.77. The number of morpholine rings is 1. The third-order valence-electron chi connectivity index (χ3n) is 6.95. The molecule has 166 valence electrons. The van der Waals surface area contributed by atoms with Gasteiger partial charge in [-0.25, -0.2) is 0 Å². The van der Waals surface area contributed by atoms with Crippen LogP contribution < -0.4 is 15.4 Å². The van der Waals surface area contributed by atoms with E-state index in [1.54, 1.807) is 0 Å². The molecular formula is C20H27F3N4O3. The fourth-order valence-electron chi connectivity index (χ4n) is 5.03. The van der Waals surface area contributed by atoms with E-state index in [2.05, 4.69) is 4.98 Å². The fraction of sp³-hybridized carbons (Fsp3) is 0.800. The van der Waals surface area contributed by atoms with E-state index in [0.717, 1.165) is 19.3 Å². The van der Waals surface area contributed by atoms with Crippen molar-refractivity contribution < 1.29 is 22.6 Å².